The van der Waals surface area contributed by atoms with E-state index in [1.807, 2.05) is 30.3 Å². The van der Waals surface area contributed by atoms with Gasteiger partial charge in [-0.2, -0.15) is 0 Å². The molecule has 19 heavy (non-hydrogen) atoms. The van der Waals surface area contributed by atoms with Crippen LogP contribution in [0, 0.1) is 6.92 Å². The topological polar surface area (TPSA) is 35.2 Å². The molecule has 0 spiro atoms. The van der Waals surface area contributed by atoms with Gasteiger partial charge in [0.15, 0.2) is 0 Å². The Bertz CT molecular complexity index is 624. The second-order valence-corrected chi connectivity index (χ2v) is 5.35. The van der Waals surface area contributed by atoms with Gasteiger partial charge in [-0.15, -0.1) is 0 Å². The van der Waals surface area contributed by atoms with E-state index in [-0.39, 0.29) is 6.04 Å². The third-order valence-electron chi connectivity index (χ3n) is 3.66. The van der Waals surface area contributed by atoms with Crippen LogP contribution < -0.4 is 10.5 Å². The first-order chi connectivity index (χ1) is 9.16. The Hall–Kier alpha value is -1.51. The van der Waals surface area contributed by atoms with Crippen LogP contribution in [0.5, 0.6) is 5.75 Å². The summed E-state index contributed by atoms with van der Waals surface area (Å²) in [4.78, 5) is 0. The fourth-order valence-corrected chi connectivity index (χ4v) is 2.78. The maximum atomic E-state index is 6.42. The minimum absolute atomic E-state index is 0.202. The number of hydrogen-bond acceptors (Lipinski definition) is 2. The lowest BCUT2D eigenvalue weighted by molar-refractivity contribution is 0.352. The van der Waals surface area contributed by atoms with Gasteiger partial charge in [-0.1, -0.05) is 35.9 Å². The van der Waals surface area contributed by atoms with E-state index in [1.54, 1.807) is 0 Å². The number of hydrogen-bond donors (Lipinski definition) is 1. The molecule has 0 saturated carbocycles. The molecule has 1 atom stereocenters. The van der Waals surface area contributed by atoms with Crippen LogP contribution in [0.2, 0.25) is 5.02 Å². The van der Waals surface area contributed by atoms with Gasteiger partial charge in [0.05, 0.1) is 12.6 Å². The molecule has 1 aliphatic rings. The molecule has 2 aromatic carbocycles. The van der Waals surface area contributed by atoms with Crippen molar-refractivity contribution in [2.24, 2.45) is 5.73 Å². The second kappa shape index (κ2) is 4.87. The SMILES string of the molecule is Cc1ccc(Cl)cc1C(N)c1cccc2c1OCC2. The van der Waals surface area contributed by atoms with Gasteiger partial charge in [0.2, 0.25) is 0 Å². The number of halogens is 1. The first-order valence-corrected chi connectivity index (χ1v) is 6.81. The fourth-order valence-electron chi connectivity index (χ4n) is 2.60. The highest BCUT2D eigenvalue weighted by atomic mass is 35.5. The summed E-state index contributed by atoms with van der Waals surface area (Å²) in [5.74, 6) is 0.953. The summed E-state index contributed by atoms with van der Waals surface area (Å²) < 4.78 is 5.73. The van der Waals surface area contributed by atoms with E-state index in [4.69, 9.17) is 22.1 Å². The van der Waals surface area contributed by atoms with Crippen LogP contribution in [0.15, 0.2) is 36.4 Å². The molecule has 0 saturated heterocycles. The van der Waals surface area contributed by atoms with Gasteiger partial charge in [0.1, 0.15) is 5.75 Å². The van der Waals surface area contributed by atoms with Crippen molar-refractivity contribution < 1.29 is 4.74 Å². The van der Waals surface area contributed by atoms with Crippen molar-refractivity contribution in [3.63, 3.8) is 0 Å². The third kappa shape index (κ3) is 2.22. The average molecular weight is 274 g/mol. The van der Waals surface area contributed by atoms with Crippen molar-refractivity contribution in [3.05, 3.63) is 63.7 Å². The number of fused-ring (bicyclic) bond motifs is 1. The zero-order valence-electron chi connectivity index (χ0n) is 10.8. The van der Waals surface area contributed by atoms with Crippen LogP contribution >= 0.6 is 11.6 Å². The number of ether oxygens (including phenoxy) is 1. The van der Waals surface area contributed by atoms with Crippen LogP contribution in [-0.2, 0) is 6.42 Å². The minimum atomic E-state index is -0.202. The molecule has 2 aromatic rings. The molecule has 3 rings (SSSR count). The summed E-state index contributed by atoms with van der Waals surface area (Å²) >= 11 is 6.08. The monoisotopic (exact) mass is 273 g/mol. The molecular formula is C16H16ClNO. The molecule has 1 heterocycles. The normalized spacial score (nSPS) is 14.9. The number of benzene rings is 2. The Kier molecular flexibility index (Phi) is 3.21. The molecule has 0 radical (unpaired) electrons. The molecule has 0 aliphatic carbocycles. The van der Waals surface area contributed by atoms with Crippen molar-refractivity contribution in [2.45, 2.75) is 19.4 Å². The molecule has 0 fully saturated rings. The minimum Gasteiger partial charge on any atom is -0.493 e. The Morgan fingerprint density at radius 2 is 2.05 bits per heavy atom. The molecule has 2 nitrogen and oxygen atoms in total. The Labute approximate surface area is 118 Å². The van der Waals surface area contributed by atoms with E-state index in [2.05, 4.69) is 13.0 Å². The Morgan fingerprint density at radius 3 is 2.89 bits per heavy atom. The van der Waals surface area contributed by atoms with E-state index in [1.165, 1.54) is 5.56 Å². The van der Waals surface area contributed by atoms with Crippen LogP contribution in [-0.4, -0.2) is 6.61 Å². The lowest BCUT2D eigenvalue weighted by Gasteiger charge is -2.18. The summed E-state index contributed by atoms with van der Waals surface area (Å²) in [7, 11) is 0. The molecule has 1 aliphatic heterocycles. The lowest BCUT2D eigenvalue weighted by Crippen LogP contribution is -2.14. The van der Waals surface area contributed by atoms with Crippen molar-refractivity contribution in [1.29, 1.82) is 0 Å². The predicted molar refractivity (Wildman–Crippen MR) is 77.9 cm³/mol. The van der Waals surface area contributed by atoms with Gasteiger partial charge in [0.25, 0.3) is 0 Å². The van der Waals surface area contributed by atoms with Gasteiger partial charge in [0, 0.05) is 17.0 Å². The summed E-state index contributed by atoms with van der Waals surface area (Å²) in [5, 5.41) is 0.713. The van der Waals surface area contributed by atoms with E-state index in [0.717, 1.165) is 35.5 Å². The summed E-state index contributed by atoms with van der Waals surface area (Å²) in [6.07, 6.45) is 0.963. The summed E-state index contributed by atoms with van der Waals surface area (Å²) in [6.45, 7) is 2.79. The largest absolute Gasteiger partial charge is 0.493 e. The highest BCUT2D eigenvalue weighted by Crippen LogP contribution is 2.36. The molecule has 98 valence electrons. The highest BCUT2D eigenvalue weighted by molar-refractivity contribution is 6.30. The molecule has 0 aromatic heterocycles. The lowest BCUT2D eigenvalue weighted by atomic mass is 9.94. The second-order valence-electron chi connectivity index (χ2n) is 4.91. The molecular weight excluding hydrogens is 258 g/mol. The first kappa shape index (κ1) is 12.5. The fraction of sp³-hybridized carbons (Fsp3) is 0.250. The first-order valence-electron chi connectivity index (χ1n) is 6.43. The quantitative estimate of drug-likeness (QED) is 0.907. The molecule has 0 bridgehead atoms. The molecule has 1 unspecified atom stereocenters. The smallest absolute Gasteiger partial charge is 0.127 e. The highest BCUT2D eigenvalue weighted by Gasteiger charge is 2.21. The van der Waals surface area contributed by atoms with Gasteiger partial charge in [-0.25, -0.2) is 0 Å². The summed E-state index contributed by atoms with van der Waals surface area (Å²) in [6, 6.07) is 11.8. The number of aryl methyl sites for hydroxylation is 1. The maximum absolute atomic E-state index is 6.42. The zero-order valence-corrected chi connectivity index (χ0v) is 11.6. The van der Waals surface area contributed by atoms with Crippen LogP contribution in [0.1, 0.15) is 28.3 Å². The van der Waals surface area contributed by atoms with Crippen LogP contribution in [0.3, 0.4) is 0 Å². The Balaban J connectivity index is 2.07. The van der Waals surface area contributed by atoms with Crippen LogP contribution in [0.25, 0.3) is 0 Å². The molecule has 2 N–H and O–H groups in total. The maximum Gasteiger partial charge on any atom is 0.127 e. The van der Waals surface area contributed by atoms with Gasteiger partial charge in [-0.05, 0) is 35.7 Å². The number of nitrogens with two attached hydrogens (primary N) is 1. The van der Waals surface area contributed by atoms with Crippen molar-refractivity contribution in [2.75, 3.05) is 6.61 Å². The standard InChI is InChI=1S/C16H16ClNO/c1-10-5-6-12(17)9-14(10)15(18)13-4-2-3-11-7-8-19-16(11)13/h2-6,9,15H,7-8,18H2,1H3. The van der Waals surface area contributed by atoms with E-state index in [0.29, 0.717) is 5.02 Å². The van der Waals surface area contributed by atoms with E-state index in [9.17, 15) is 0 Å². The van der Waals surface area contributed by atoms with E-state index >= 15 is 0 Å². The van der Waals surface area contributed by atoms with Gasteiger partial charge < -0.3 is 10.5 Å². The Morgan fingerprint density at radius 1 is 1.21 bits per heavy atom. The molecule has 0 amide bonds. The van der Waals surface area contributed by atoms with Gasteiger partial charge >= 0.3 is 0 Å². The van der Waals surface area contributed by atoms with Crippen LogP contribution in [0.4, 0.5) is 0 Å². The zero-order chi connectivity index (χ0) is 13.4. The number of para-hydroxylation sites is 1. The predicted octanol–water partition coefficient (Wildman–Crippen LogP) is 3.63. The van der Waals surface area contributed by atoms with Crippen molar-refractivity contribution in [3.8, 4) is 5.75 Å². The molecule has 3 heteroatoms. The van der Waals surface area contributed by atoms with Gasteiger partial charge in [-0.3, -0.25) is 0 Å². The summed E-state index contributed by atoms with van der Waals surface area (Å²) in [5.41, 5.74) is 10.9. The average Bonchev–Trinajstić information content (AvgIpc) is 2.89. The third-order valence-corrected chi connectivity index (χ3v) is 3.89. The van der Waals surface area contributed by atoms with E-state index < -0.39 is 0 Å². The van der Waals surface area contributed by atoms with Crippen molar-refractivity contribution in [1.82, 2.24) is 0 Å². The number of rotatable bonds is 2. The van der Waals surface area contributed by atoms with Crippen molar-refractivity contribution >= 4 is 11.6 Å².